The van der Waals surface area contributed by atoms with Crippen molar-refractivity contribution in [3.63, 3.8) is 0 Å². The summed E-state index contributed by atoms with van der Waals surface area (Å²) in [5.41, 5.74) is 0. The number of likely N-dealkylation sites (N-methyl/N-ethyl adjacent to an activating group) is 1. The van der Waals surface area contributed by atoms with E-state index in [9.17, 15) is 0 Å². The molecule has 18 heavy (non-hydrogen) atoms. The highest BCUT2D eigenvalue weighted by molar-refractivity contribution is 7.80. The third-order valence-electron chi connectivity index (χ3n) is 3.34. The summed E-state index contributed by atoms with van der Waals surface area (Å²) in [6, 6.07) is 0. The van der Waals surface area contributed by atoms with Gasteiger partial charge >= 0.3 is 0 Å². The van der Waals surface area contributed by atoms with Crippen LogP contribution in [-0.4, -0.2) is 43.5 Å². The smallest absolute Gasteiger partial charge is 0.0593 e. The van der Waals surface area contributed by atoms with Crippen LogP contribution < -0.4 is 0 Å². The summed E-state index contributed by atoms with van der Waals surface area (Å²) in [6.45, 7) is 9.49. The fourth-order valence-corrected chi connectivity index (χ4v) is 2.32. The Morgan fingerprint density at radius 1 is 0.833 bits per heavy atom. The molecule has 0 aliphatic heterocycles. The predicted octanol–water partition coefficient (Wildman–Crippen LogP) is 4.01. The van der Waals surface area contributed by atoms with Crippen LogP contribution in [0.15, 0.2) is 0 Å². The minimum atomic E-state index is 0.837. The quantitative estimate of drug-likeness (QED) is 0.380. The van der Waals surface area contributed by atoms with Gasteiger partial charge in [0.05, 0.1) is 6.61 Å². The molecule has 0 radical (unpaired) electrons. The van der Waals surface area contributed by atoms with E-state index >= 15 is 0 Å². The second kappa shape index (κ2) is 15.3. The first-order chi connectivity index (χ1) is 8.85. The minimum Gasteiger partial charge on any atom is -0.380 e. The Hall–Kier alpha value is 0.270. The molecule has 0 saturated carbocycles. The molecule has 2 nitrogen and oxygen atoms in total. The Labute approximate surface area is 120 Å². The summed E-state index contributed by atoms with van der Waals surface area (Å²) in [5.74, 6) is 1.05. The lowest BCUT2D eigenvalue weighted by Crippen LogP contribution is -2.28. The van der Waals surface area contributed by atoms with Crippen LogP contribution in [0.1, 0.15) is 58.8 Å². The van der Waals surface area contributed by atoms with Crippen molar-refractivity contribution in [3.8, 4) is 0 Å². The van der Waals surface area contributed by atoms with Crippen LogP contribution in [0.25, 0.3) is 0 Å². The second-order valence-electron chi connectivity index (χ2n) is 4.83. The van der Waals surface area contributed by atoms with Crippen molar-refractivity contribution in [3.05, 3.63) is 0 Å². The van der Waals surface area contributed by atoms with Gasteiger partial charge < -0.3 is 9.64 Å². The number of ether oxygens (including phenoxy) is 1. The molecule has 0 atom stereocenters. The Morgan fingerprint density at radius 3 is 2.00 bits per heavy atom. The number of unbranched alkanes of at least 4 members (excludes halogenated alkanes) is 6. The predicted molar refractivity (Wildman–Crippen MR) is 84.8 cm³/mol. The molecule has 0 rings (SSSR count). The third kappa shape index (κ3) is 12.7. The van der Waals surface area contributed by atoms with Gasteiger partial charge in [-0.3, -0.25) is 0 Å². The average molecular weight is 276 g/mol. The summed E-state index contributed by atoms with van der Waals surface area (Å²) in [7, 11) is 0. The van der Waals surface area contributed by atoms with Crippen molar-refractivity contribution in [2.24, 2.45) is 0 Å². The lowest BCUT2D eigenvalue weighted by atomic mass is 10.1. The molecule has 0 saturated heterocycles. The molecule has 0 fully saturated rings. The van der Waals surface area contributed by atoms with Crippen LogP contribution in [0.2, 0.25) is 0 Å². The van der Waals surface area contributed by atoms with Crippen molar-refractivity contribution in [1.82, 2.24) is 4.90 Å². The summed E-state index contributed by atoms with van der Waals surface area (Å²) in [6.07, 6.45) is 9.55. The zero-order chi connectivity index (χ0) is 13.5. The monoisotopic (exact) mass is 275 g/mol. The summed E-state index contributed by atoms with van der Waals surface area (Å²) < 4.78 is 5.40. The fraction of sp³-hybridized carbons (Fsp3) is 1.00. The summed E-state index contributed by atoms with van der Waals surface area (Å²) in [4.78, 5) is 2.50. The zero-order valence-electron chi connectivity index (χ0n) is 12.5. The van der Waals surface area contributed by atoms with E-state index in [4.69, 9.17) is 4.74 Å². The number of hydrogen-bond donors (Lipinski definition) is 1. The maximum Gasteiger partial charge on any atom is 0.0593 e. The van der Waals surface area contributed by atoms with E-state index in [1.165, 1.54) is 51.5 Å². The van der Waals surface area contributed by atoms with Crippen LogP contribution in [-0.2, 0) is 4.74 Å². The lowest BCUT2D eigenvalue weighted by Gasteiger charge is -2.19. The molecule has 0 unspecified atom stereocenters. The van der Waals surface area contributed by atoms with Crippen molar-refractivity contribution >= 4 is 12.6 Å². The number of rotatable bonds is 14. The van der Waals surface area contributed by atoms with Crippen molar-refractivity contribution < 1.29 is 4.74 Å². The first-order valence-corrected chi connectivity index (χ1v) is 8.39. The van der Waals surface area contributed by atoms with Gasteiger partial charge in [-0.25, -0.2) is 0 Å². The van der Waals surface area contributed by atoms with Gasteiger partial charge in [0.25, 0.3) is 0 Å². The Bertz CT molecular complexity index is 155. The molecule has 0 aromatic rings. The van der Waals surface area contributed by atoms with E-state index in [1.807, 2.05) is 0 Å². The standard InChI is InChI=1S/C15H33NOS/c1-3-16(13-14-17-4-2)12-10-8-6-5-7-9-11-15-18/h18H,3-15H2,1-2H3. The van der Waals surface area contributed by atoms with E-state index < -0.39 is 0 Å². The largest absolute Gasteiger partial charge is 0.380 e. The minimum absolute atomic E-state index is 0.837. The van der Waals surface area contributed by atoms with Gasteiger partial charge in [-0.2, -0.15) is 12.6 Å². The SMILES string of the molecule is CCOCCN(CC)CCCCCCCCCS. The molecule has 110 valence electrons. The highest BCUT2D eigenvalue weighted by Crippen LogP contribution is 2.08. The molecule has 0 bridgehead atoms. The number of hydrogen-bond acceptors (Lipinski definition) is 3. The highest BCUT2D eigenvalue weighted by atomic mass is 32.1. The maximum atomic E-state index is 5.40. The van der Waals surface area contributed by atoms with Crippen LogP contribution in [0, 0.1) is 0 Å². The highest BCUT2D eigenvalue weighted by Gasteiger charge is 2.01. The molecule has 0 aliphatic rings. The zero-order valence-corrected chi connectivity index (χ0v) is 13.4. The van der Waals surface area contributed by atoms with E-state index in [2.05, 4.69) is 31.4 Å². The molecule has 0 aliphatic carbocycles. The molecular formula is C15H33NOS. The topological polar surface area (TPSA) is 12.5 Å². The Morgan fingerprint density at radius 2 is 1.44 bits per heavy atom. The fourth-order valence-electron chi connectivity index (χ4n) is 2.10. The molecule has 3 heteroatoms. The van der Waals surface area contributed by atoms with Gasteiger partial charge in [-0.15, -0.1) is 0 Å². The third-order valence-corrected chi connectivity index (χ3v) is 3.65. The summed E-state index contributed by atoms with van der Waals surface area (Å²) >= 11 is 4.23. The lowest BCUT2D eigenvalue weighted by molar-refractivity contribution is 0.114. The van der Waals surface area contributed by atoms with E-state index in [0.717, 1.165) is 32.1 Å². The molecule has 0 aromatic heterocycles. The summed E-state index contributed by atoms with van der Waals surface area (Å²) in [5, 5.41) is 0. The van der Waals surface area contributed by atoms with Crippen LogP contribution >= 0.6 is 12.6 Å². The van der Waals surface area contributed by atoms with Crippen LogP contribution in [0.5, 0.6) is 0 Å². The molecule has 0 amide bonds. The molecule has 0 heterocycles. The van der Waals surface area contributed by atoms with Crippen LogP contribution in [0.4, 0.5) is 0 Å². The van der Waals surface area contributed by atoms with Gasteiger partial charge in [0.1, 0.15) is 0 Å². The van der Waals surface area contributed by atoms with E-state index in [1.54, 1.807) is 0 Å². The number of nitrogens with zero attached hydrogens (tertiary/aromatic N) is 1. The maximum absolute atomic E-state index is 5.40. The van der Waals surface area contributed by atoms with Gasteiger partial charge in [0, 0.05) is 13.2 Å². The van der Waals surface area contributed by atoms with Gasteiger partial charge in [0.15, 0.2) is 0 Å². The Balaban J connectivity index is 3.23. The molecule has 0 aromatic carbocycles. The molecule has 0 N–H and O–H groups in total. The van der Waals surface area contributed by atoms with Crippen molar-refractivity contribution in [2.75, 3.05) is 38.6 Å². The number of thiol groups is 1. The van der Waals surface area contributed by atoms with Crippen molar-refractivity contribution in [1.29, 1.82) is 0 Å². The normalized spacial score (nSPS) is 11.3. The van der Waals surface area contributed by atoms with Crippen LogP contribution in [0.3, 0.4) is 0 Å². The van der Waals surface area contributed by atoms with Gasteiger partial charge in [0.2, 0.25) is 0 Å². The second-order valence-corrected chi connectivity index (χ2v) is 5.28. The van der Waals surface area contributed by atoms with E-state index in [0.29, 0.717) is 0 Å². The van der Waals surface area contributed by atoms with Gasteiger partial charge in [-0.1, -0.05) is 39.0 Å². The molecule has 0 spiro atoms. The molecular weight excluding hydrogens is 242 g/mol. The average Bonchev–Trinajstić information content (AvgIpc) is 2.40. The van der Waals surface area contributed by atoms with Crippen molar-refractivity contribution in [2.45, 2.75) is 58.8 Å². The van der Waals surface area contributed by atoms with E-state index in [-0.39, 0.29) is 0 Å². The van der Waals surface area contributed by atoms with Gasteiger partial charge in [-0.05, 0) is 38.6 Å². The Kier molecular flexibility index (Phi) is 15.6. The first kappa shape index (κ1) is 18.3. The first-order valence-electron chi connectivity index (χ1n) is 7.76.